The summed E-state index contributed by atoms with van der Waals surface area (Å²) in [5, 5.41) is 18.1. The van der Waals surface area contributed by atoms with Crippen molar-refractivity contribution in [1.82, 2.24) is 15.1 Å². The first kappa shape index (κ1) is 13.8. The molecule has 1 aliphatic carbocycles. The van der Waals surface area contributed by atoms with Crippen molar-refractivity contribution in [1.29, 1.82) is 0 Å². The van der Waals surface area contributed by atoms with Gasteiger partial charge in [0.2, 0.25) is 0 Å². The number of aromatic nitrogens is 2. The number of furan rings is 1. The average Bonchev–Trinajstić information content (AvgIpc) is 2.96. The van der Waals surface area contributed by atoms with Crippen molar-refractivity contribution in [2.45, 2.75) is 18.9 Å². The number of nitrogens with one attached hydrogen (secondary N) is 1. The molecule has 5 rings (SSSR count). The Morgan fingerprint density at radius 1 is 1.38 bits per heavy atom. The molecule has 2 fully saturated rings. The zero-order valence-corrected chi connectivity index (χ0v) is 13.0. The highest BCUT2D eigenvalue weighted by molar-refractivity contribution is 6.00. The molecular formula is C18H17N3O3. The quantitative estimate of drug-likeness (QED) is 0.759. The summed E-state index contributed by atoms with van der Waals surface area (Å²) in [6, 6.07) is 9.62. The van der Waals surface area contributed by atoms with Gasteiger partial charge in [0.1, 0.15) is 11.3 Å². The molecule has 6 heteroatoms. The molecule has 2 N–H and O–H groups in total. The second-order valence-electron chi connectivity index (χ2n) is 6.87. The van der Waals surface area contributed by atoms with E-state index in [2.05, 4.69) is 10.2 Å². The fourth-order valence-corrected chi connectivity index (χ4v) is 3.67. The number of H-pyrrole nitrogens is 1. The van der Waals surface area contributed by atoms with Crippen LogP contribution in [0.25, 0.3) is 22.4 Å². The minimum atomic E-state index is -0.414. The van der Waals surface area contributed by atoms with E-state index in [0.717, 1.165) is 23.8 Å². The van der Waals surface area contributed by atoms with Gasteiger partial charge in [-0.3, -0.25) is 9.89 Å². The number of benzene rings is 1. The molecule has 3 aromatic rings. The van der Waals surface area contributed by atoms with Gasteiger partial charge in [0, 0.05) is 23.9 Å². The van der Waals surface area contributed by atoms with Crippen molar-refractivity contribution in [2.75, 3.05) is 13.1 Å². The van der Waals surface area contributed by atoms with E-state index >= 15 is 0 Å². The SMILES string of the molecule is O=C(c1cn[nH]c1-c1cc2ccccc2o1)N1CC(O)C2(CC2)C1. The highest BCUT2D eigenvalue weighted by Gasteiger charge is 2.55. The number of rotatable bonds is 2. The number of hydrogen-bond acceptors (Lipinski definition) is 4. The number of carbonyl (C=O) groups excluding carboxylic acids is 1. The number of carbonyl (C=O) groups is 1. The Kier molecular flexibility index (Phi) is 2.71. The Balaban J connectivity index is 1.50. The van der Waals surface area contributed by atoms with E-state index in [1.165, 1.54) is 6.20 Å². The fourth-order valence-electron chi connectivity index (χ4n) is 3.67. The van der Waals surface area contributed by atoms with Crippen LogP contribution in [0.15, 0.2) is 40.9 Å². The molecule has 0 radical (unpaired) electrons. The maximum atomic E-state index is 12.9. The fraction of sp³-hybridized carbons (Fsp3) is 0.333. The number of amides is 1. The van der Waals surface area contributed by atoms with Gasteiger partial charge in [-0.25, -0.2) is 0 Å². The number of nitrogens with zero attached hydrogens (tertiary/aromatic N) is 2. The first-order valence-corrected chi connectivity index (χ1v) is 8.16. The molecule has 2 aliphatic rings. The van der Waals surface area contributed by atoms with Crippen LogP contribution in [0.4, 0.5) is 0 Å². The molecule has 6 nitrogen and oxygen atoms in total. The van der Waals surface area contributed by atoms with Crippen molar-refractivity contribution in [3.05, 3.63) is 42.1 Å². The van der Waals surface area contributed by atoms with Gasteiger partial charge in [0.25, 0.3) is 5.91 Å². The molecular weight excluding hydrogens is 306 g/mol. The van der Waals surface area contributed by atoms with Gasteiger partial charge in [-0.2, -0.15) is 5.10 Å². The van der Waals surface area contributed by atoms with E-state index in [1.54, 1.807) is 4.90 Å². The summed E-state index contributed by atoms with van der Waals surface area (Å²) in [5.41, 5.74) is 1.79. The van der Waals surface area contributed by atoms with Gasteiger partial charge in [-0.15, -0.1) is 0 Å². The van der Waals surface area contributed by atoms with Crippen LogP contribution in [0, 0.1) is 5.41 Å². The predicted molar refractivity (Wildman–Crippen MR) is 87.4 cm³/mol. The van der Waals surface area contributed by atoms with Crippen LogP contribution < -0.4 is 0 Å². The molecule has 1 aromatic carbocycles. The van der Waals surface area contributed by atoms with Crippen LogP contribution in [0.5, 0.6) is 0 Å². The molecule has 0 bridgehead atoms. The van der Waals surface area contributed by atoms with Crippen molar-refractivity contribution in [3.8, 4) is 11.5 Å². The minimum Gasteiger partial charge on any atom is -0.454 e. The maximum Gasteiger partial charge on any atom is 0.257 e. The average molecular weight is 323 g/mol. The predicted octanol–water partition coefficient (Wildman–Crippen LogP) is 2.42. The molecule has 122 valence electrons. The van der Waals surface area contributed by atoms with E-state index in [4.69, 9.17) is 4.42 Å². The van der Waals surface area contributed by atoms with Gasteiger partial charge in [-0.05, 0) is 25.0 Å². The summed E-state index contributed by atoms with van der Waals surface area (Å²) in [4.78, 5) is 14.6. The lowest BCUT2D eigenvalue weighted by atomic mass is 10.0. The van der Waals surface area contributed by atoms with Crippen LogP contribution in [-0.4, -0.2) is 45.3 Å². The molecule has 1 amide bonds. The molecule has 2 aromatic heterocycles. The van der Waals surface area contributed by atoms with Gasteiger partial charge in [0.05, 0.1) is 17.9 Å². The van der Waals surface area contributed by atoms with Crippen molar-refractivity contribution >= 4 is 16.9 Å². The van der Waals surface area contributed by atoms with E-state index < -0.39 is 6.10 Å². The molecule has 1 saturated carbocycles. The second kappa shape index (κ2) is 4.70. The number of β-amino-alcohol motifs (C(OH)–C–C–N with tert-alkyl or cyclic N) is 1. The molecule has 1 saturated heterocycles. The summed E-state index contributed by atoms with van der Waals surface area (Å²) < 4.78 is 5.85. The van der Waals surface area contributed by atoms with Crippen molar-refractivity contribution in [2.24, 2.45) is 5.41 Å². The number of hydrogen-bond donors (Lipinski definition) is 2. The third kappa shape index (κ3) is 1.93. The number of aliphatic hydroxyl groups excluding tert-OH is 1. The Morgan fingerprint density at radius 3 is 2.96 bits per heavy atom. The zero-order chi connectivity index (χ0) is 16.3. The number of aromatic amines is 1. The van der Waals surface area contributed by atoms with E-state index in [9.17, 15) is 9.90 Å². The van der Waals surface area contributed by atoms with E-state index in [1.807, 2.05) is 30.3 Å². The lowest BCUT2D eigenvalue weighted by Gasteiger charge is -2.15. The molecule has 24 heavy (non-hydrogen) atoms. The van der Waals surface area contributed by atoms with Gasteiger partial charge in [-0.1, -0.05) is 18.2 Å². The number of aliphatic hydroxyl groups is 1. The standard InChI is InChI=1S/C18H17N3O3/c22-15-9-21(10-18(15)5-6-18)17(23)12-8-19-20-16(12)14-7-11-3-1-2-4-13(11)24-14/h1-4,7-8,15,22H,5-6,9-10H2,(H,19,20). The largest absolute Gasteiger partial charge is 0.454 e. The summed E-state index contributed by atoms with van der Waals surface area (Å²) in [6.07, 6.45) is 3.12. The lowest BCUT2D eigenvalue weighted by molar-refractivity contribution is 0.0765. The maximum absolute atomic E-state index is 12.9. The molecule has 3 heterocycles. The second-order valence-corrected chi connectivity index (χ2v) is 6.87. The third-order valence-electron chi connectivity index (χ3n) is 5.33. The normalized spacial score (nSPS) is 21.7. The van der Waals surface area contributed by atoms with Crippen LogP contribution >= 0.6 is 0 Å². The first-order valence-electron chi connectivity index (χ1n) is 8.16. The summed E-state index contributed by atoms with van der Waals surface area (Å²) in [7, 11) is 0. The Morgan fingerprint density at radius 2 is 2.21 bits per heavy atom. The van der Waals surface area contributed by atoms with E-state index in [-0.39, 0.29) is 11.3 Å². The Bertz CT molecular complexity index is 905. The third-order valence-corrected chi connectivity index (χ3v) is 5.33. The van der Waals surface area contributed by atoms with Crippen molar-refractivity contribution < 1.29 is 14.3 Å². The molecule has 1 unspecified atom stereocenters. The van der Waals surface area contributed by atoms with Crippen molar-refractivity contribution in [3.63, 3.8) is 0 Å². The number of fused-ring (bicyclic) bond motifs is 1. The number of likely N-dealkylation sites (tertiary alicyclic amines) is 1. The Labute approximate surface area is 138 Å². The lowest BCUT2D eigenvalue weighted by Crippen LogP contribution is -2.29. The highest BCUT2D eigenvalue weighted by Crippen LogP contribution is 2.53. The first-order chi connectivity index (χ1) is 11.7. The minimum absolute atomic E-state index is 0.0566. The molecule has 1 aliphatic heterocycles. The summed E-state index contributed by atoms with van der Waals surface area (Å²) >= 11 is 0. The monoisotopic (exact) mass is 323 g/mol. The number of para-hydroxylation sites is 1. The van der Waals surface area contributed by atoms with Crippen LogP contribution in [0.2, 0.25) is 0 Å². The summed E-state index contributed by atoms with van der Waals surface area (Å²) in [5.74, 6) is 0.486. The Hall–Kier alpha value is -2.60. The zero-order valence-electron chi connectivity index (χ0n) is 13.0. The summed E-state index contributed by atoms with van der Waals surface area (Å²) in [6.45, 7) is 1.02. The van der Waals surface area contributed by atoms with Crippen LogP contribution in [0.3, 0.4) is 0 Å². The molecule has 1 atom stereocenters. The van der Waals surface area contributed by atoms with E-state index in [0.29, 0.717) is 30.1 Å². The van der Waals surface area contributed by atoms with Gasteiger partial charge in [0.15, 0.2) is 5.76 Å². The van der Waals surface area contributed by atoms with Crippen LogP contribution in [0.1, 0.15) is 23.2 Å². The van der Waals surface area contributed by atoms with Gasteiger partial charge < -0.3 is 14.4 Å². The van der Waals surface area contributed by atoms with Gasteiger partial charge >= 0.3 is 0 Å². The smallest absolute Gasteiger partial charge is 0.257 e. The van der Waals surface area contributed by atoms with Crippen LogP contribution in [-0.2, 0) is 0 Å². The highest BCUT2D eigenvalue weighted by atomic mass is 16.3. The molecule has 1 spiro atoms. The topological polar surface area (TPSA) is 82.4 Å².